The first-order valence-corrected chi connectivity index (χ1v) is 6.76. The first kappa shape index (κ1) is 15.7. The molecule has 0 heterocycles. The fourth-order valence-corrected chi connectivity index (χ4v) is 1.71. The van der Waals surface area contributed by atoms with E-state index < -0.39 is 0 Å². The van der Waals surface area contributed by atoms with Gasteiger partial charge < -0.3 is 15.0 Å². The highest BCUT2D eigenvalue weighted by molar-refractivity contribution is 5.77. The normalized spacial score (nSPS) is 10.7. The van der Waals surface area contributed by atoms with Crippen LogP contribution in [0.3, 0.4) is 0 Å². The Hall–Kier alpha value is -1.39. The average Bonchev–Trinajstić information content (AvgIpc) is 2.43. The van der Waals surface area contributed by atoms with Crippen molar-refractivity contribution in [1.82, 2.24) is 10.2 Å². The molecule has 0 bridgehead atoms. The Balaban J connectivity index is 2.45. The molecule has 106 valence electrons. The van der Waals surface area contributed by atoms with Crippen LogP contribution >= 0.6 is 0 Å². The molecule has 19 heavy (non-hydrogen) atoms. The van der Waals surface area contributed by atoms with Crippen molar-refractivity contribution in [2.75, 3.05) is 26.8 Å². The van der Waals surface area contributed by atoms with Gasteiger partial charge in [0.1, 0.15) is 6.61 Å². The van der Waals surface area contributed by atoms with Gasteiger partial charge in [0.25, 0.3) is 0 Å². The number of amides is 1. The van der Waals surface area contributed by atoms with Crippen LogP contribution < -0.4 is 5.32 Å². The smallest absolute Gasteiger partial charge is 0.246 e. The summed E-state index contributed by atoms with van der Waals surface area (Å²) in [6.45, 7) is 7.21. The predicted molar refractivity (Wildman–Crippen MR) is 76.8 cm³/mol. The molecule has 0 aromatic heterocycles. The highest BCUT2D eigenvalue weighted by atomic mass is 16.5. The van der Waals surface area contributed by atoms with Gasteiger partial charge >= 0.3 is 0 Å². The molecule has 0 unspecified atom stereocenters. The highest BCUT2D eigenvalue weighted by Crippen LogP contribution is 2.07. The fraction of sp³-hybridized carbons (Fsp3) is 0.533. The lowest BCUT2D eigenvalue weighted by Crippen LogP contribution is -2.27. The van der Waals surface area contributed by atoms with Gasteiger partial charge in [-0.2, -0.15) is 0 Å². The molecular formula is C15H24N2O2. The zero-order valence-electron chi connectivity index (χ0n) is 12.1. The number of ether oxygens (including phenoxy) is 1. The number of carbonyl (C=O) groups is 1. The first-order valence-electron chi connectivity index (χ1n) is 6.76. The molecule has 4 nitrogen and oxygen atoms in total. The molecule has 0 aliphatic heterocycles. The maximum atomic E-state index is 11.4. The number of nitrogens with zero attached hydrogens (tertiary/aromatic N) is 1. The quantitative estimate of drug-likeness (QED) is 0.778. The molecule has 0 saturated carbocycles. The van der Waals surface area contributed by atoms with Crippen LogP contribution in [-0.2, 0) is 22.6 Å². The van der Waals surface area contributed by atoms with Gasteiger partial charge in [-0.3, -0.25) is 4.79 Å². The molecule has 1 rings (SSSR count). The van der Waals surface area contributed by atoms with E-state index in [0.29, 0.717) is 13.2 Å². The number of nitrogens with one attached hydrogen (secondary N) is 1. The first-order chi connectivity index (χ1) is 9.15. The van der Waals surface area contributed by atoms with Crippen LogP contribution in [0, 0.1) is 0 Å². The van der Waals surface area contributed by atoms with Gasteiger partial charge in [0, 0.05) is 19.7 Å². The third-order valence-corrected chi connectivity index (χ3v) is 2.91. The number of carbonyl (C=O) groups excluding carboxylic acids is 1. The van der Waals surface area contributed by atoms with Gasteiger partial charge in [-0.15, -0.1) is 0 Å². The van der Waals surface area contributed by atoms with Gasteiger partial charge in [-0.05, 0) is 31.6 Å². The molecule has 1 aromatic carbocycles. The van der Waals surface area contributed by atoms with Gasteiger partial charge in [-0.25, -0.2) is 0 Å². The van der Waals surface area contributed by atoms with E-state index in [9.17, 15) is 4.79 Å². The number of hydrogen-bond acceptors (Lipinski definition) is 3. The number of benzene rings is 1. The zero-order valence-corrected chi connectivity index (χ0v) is 12.1. The van der Waals surface area contributed by atoms with E-state index in [-0.39, 0.29) is 12.5 Å². The third kappa shape index (κ3) is 6.36. The second-order valence-electron chi connectivity index (χ2n) is 4.56. The SMILES string of the molecule is CCOCC(=O)NCc1cccc(CN(C)CC)c1. The van der Waals surface area contributed by atoms with E-state index in [2.05, 4.69) is 36.3 Å². The summed E-state index contributed by atoms with van der Waals surface area (Å²) in [6.07, 6.45) is 0. The largest absolute Gasteiger partial charge is 0.372 e. The van der Waals surface area contributed by atoms with Crippen LogP contribution in [-0.4, -0.2) is 37.6 Å². The topological polar surface area (TPSA) is 41.6 Å². The van der Waals surface area contributed by atoms with Crippen LogP contribution in [0.1, 0.15) is 25.0 Å². The summed E-state index contributed by atoms with van der Waals surface area (Å²) in [6, 6.07) is 8.30. The van der Waals surface area contributed by atoms with E-state index in [1.54, 1.807) is 0 Å². The van der Waals surface area contributed by atoms with Crippen LogP contribution in [0.2, 0.25) is 0 Å². The van der Waals surface area contributed by atoms with Crippen molar-refractivity contribution in [3.8, 4) is 0 Å². The van der Waals surface area contributed by atoms with Gasteiger partial charge in [-0.1, -0.05) is 31.2 Å². The molecule has 0 aliphatic carbocycles. The summed E-state index contributed by atoms with van der Waals surface area (Å²) < 4.78 is 5.06. The second-order valence-corrected chi connectivity index (χ2v) is 4.56. The van der Waals surface area contributed by atoms with Crippen LogP contribution in [0.15, 0.2) is 24.3 Å². The highest BCUT2D eigenvalue weighted by Gasteiger charge is 2.02. The van der Waals surface area contributed by atoms with Crippen molar-refractivity contribution >= 4 is 5.91 Å². The lowest BCUT2D eigenvalue weighted by Gasteiger charge is -2.14. The van der Waals surface area contributed by atoms with Crippen LogP contribution in [0.4, 0.5) is 0 Å². The van der Waals surface area contributed by atoms with Crippen molar-refractivity contribution in [3.63, 3.8) is 0 Å². The van der Waals surface area contributed by atoms with Crippen LogP contribution in [0.5, 0.6) is 0 Å². The summed E-state index contributed by atoms with van der Waals surface area (Å²) in [5.74, 6) is -0.0714. The summed E-state index contributed by atoms with van der Waals surface area (Å²) in [4.78, 5) is 13.7. The molecule has 1 amide bonds. The van der Waals surface area contributed by atoms with E-state index in [4.69, 9.17) is 4.74 Å². The third-order valence-electron chi connectivity index (χ3n) is 2.91. The summed E-state index contributed by atoms with van der Waals surface area (Å²) in [5, 5.41) is 2.85. The lowest BCUT2D eigenvalue weighted by atomic mass is 10.1. The van der Waals surface area contributed by atoms with Crippen molar-refractivity contribution in [1.29, 1.82) is 0 Å². The Morgan fingerprint density at radius 1 is 1.32 bits per heavy atom. The summed E-state index contributed by atoms with van der Waals surface area (Å²) in [7, 11) is 2.09. The standard InChI is InChI=1S/C15H24N2O2/c1-4-17(3)11-14-8-6-7-13(9-14)10-16-15(18)12-19-5-2/h6-9H,4-5,10-12H2,1-3H3,(H,16,18). The molecule has 0 radical (unpaired) electrons. The van der Waals surface area contributed by atoms with Gasteiger partial charge in [0.05, 0.1) is 0 Å². The van der Waals surface area contributed by atoms with Crippen LogP contribution in [0.25, 0.3) is 0 Å². The minimum absolute atomic E-state index is 0.0714. The average molecular weight is 264 g/mol. The molecule has 0 atom stereocenters. The molecule has 0 saturated heterocycles. The summed E-state index contributed by atoms with van der Waals surface area (Å²) >= 11 is 0. The van der Waals surface area contributed by atoms with E-state index in [0.717, 1.165) is 18.7 Å². The molecular weight excluding hydrogens is 240 g/mol. The number of hydrogen-bond donors (Lipinski definition) is 1. The lowest BCUT2D eigenvalue weighted by molar-refractivity contribution is -0.125. The Morgan fingerprint density at radius 2 is 2.05 bits per heavy atom. The molecule has 0 spiro atoms. The van der Waals surface area contributed by atoms with Gasteiger partial charge in [0.15, 0.2) is 0 Å². The van der Waals surface area contributed by atoms with E-state index in [1.165, 1.54) is 5.56 Å². The molecule has 0 aliphatic rings. The Bertz CT molecular complexity index is 393. The van der Waals surface area contributed by atoms with E-state index in [1.807, 2.05) is 19.1 Å². The minimum Gasteiger partial charge on any atom is -0.372 e. The second kappa shape index (κ2) is 8.67. The van der Waals surface area contributed by atoms with Crippen molar-refractivity contribution in [2.24, 2.45) is 0 Å². The number of rotatable bonds is 8. The van der Waals surface area contributed by atoms with Crippen molar-refractivity contribution in [2.45, 2.75) is 26.9 Å². The van der Waals surface area contributed by atoms with Crippen molar-refractivity contribution < 1.29 is 9.53 Å². The molecule has 4 heteroatoms. The van der Waals surface area contributed by atoms with E-state index >= 15 is 0 Å². The summed E-state index contributed by atoms with van der Waals surface area (Å²) in [5.41, 5.74) is 2.38. The monoisotopic (exact) mass is 264 g/mol. The Morgan fingerprint density at radius 3 is 2.74 bits per heavy atom. The molecule has 0 fully saturated rings. The Labute approximate surface area is 115 Å². The maximum Gasteiger partial charge on any atom is 0.246 e. The zero-order chi connectivity index (χ0) is 14.1. The maximum absolute atomic E-state index is 11.4. The molecule has 1 aromatic rings. The Kier molecular flexibility index (Phi) is 7.15. The predicted octanol–water partition coefficient (Wildman–Crippen LogP) is 1.79. The minimum atomic E-state index is -0.0714. The van der Waals surface area contributed by atoms with Crippen molar-refractivity contribution in [3.05, 3.63) is 35.4 Å². The molecule has 1 N–H and O–H groups in total. The fourth-order valence-electron chi connectivity index (χ4n) is 1.71. The van der Waals surface area contributed by atoms with Gasteiger partial charge in [0.2, 0.25) is 5.91 Å².